The lowest BCUT2D eigenvalue weighted by Gasteiger charge is -2.29. The minimum Gasteiger partial charge on any atom is -0.790 e. The van der Waals surface area contributed by atoms with Crippen LogP contribution in [0.5, 0.6) is 0 Å². The van der Waals surface area contributed by atoms with Gasteiger partial charge in [0.1, 0.15) is 17.9 Å². The number of fused-ring (bicyclic) bond motifs is 1. The molecule has 3 rings (SSSR count). The summed E-state index contributed by atoms with van der Waals surface area (Å²) in [5, 5.41) is 10.1. The van der Waals surface area contributed by atoms with Crippen molar-refractivity contribution >= 4 is 24.8 Å². The summed E-state index contributed by atoms with van der Waals surface area (Å²) in [5.74, 6) is 0.190. The maximum atomic E-state index is 10.5. The highest BCUT2D eigenvalue weighted by Gasteiger charge is 2.36. The second kappa shape index (κ2) is 5.54. The molecule has 0 amide bonds. The molecular weight excluding hydrogens is 317 g/mol. The number of anilines is 1. The number of phosphoric ester groups is 1. The Bertz CT molecular complexity index is 732. The Labute approximate surface area is 124 Å². The fourth-order valence-corrected chi connectivity index (χ4v) is 2.67. The first-order valence-electron chi connectivity index (χ1n) is 6.28. The molecule has 0 aromatic carbocycles. The molecule has 120 valence electrons. The number of hydrogen-bond acceptors (Lipinski definition) is 10. The summed E-state index contributed by atoms with van der Waals surface area (Å²) in [6.45, 7) is -0.457. The first kappa shape index (κ1) is 15.3. The van der Waals surface area contributed by atoms with E-state index in [0.29, 0.717) is 11.2 Å². The topological polar surface area (TPSA) is 172 Å². The number of aliphatic hydroxyl groups is 1. The van der Waals surface area contributed by atoms with Crippen LogP contribution in [0, 0.1) is 0 Å². The lowest BCUT2D eigenvalue weighted by atomic mass is 10.2. The molecule has 1 fully saturated rings. The molecule has 0 aliphatic carbocycles. The third kappa shape index (κ3) is 2.95. The average molecular weight is 329 g/mol. The molecule has 3 N–H and O–H groups in total. The Morgan fingerprint density at radius 1 is 1.50 bits per heavy atom. The SMILES string of the molecule is Nc1ncnc2c1ncn2[C@@H]1O[C@H](COP(=O)([O-])[O-])C[C@H]1O. The third-order valence-electron chi connectivity index (χ3n) is 3.25. The molecule has 11 nitrogen and oxygen atoms in total. The van der Waals surface area contributed by atoms with E-state index in [2.05, 4.69) is 19.5 Å². The number of aromatic nitrogens is 4. The van der Waals surface area contributed by atoms with Gasteiger partial charge in [0.2, 0.25) is 0 Å². The molecule has 2 aromatic rings. The first-order valence-corrected chi connectivity index (χ1v) is 7.74. The molecule has 3 atom stereocenters. The van der Waals surface area contributed by atoms with Crippen molar-refractivity contribution < 1.29 is 28.7 Å². The fourth-order valence-electron chi connectivity index (χ4n) is 2.32. The van der Waals surface area contributed by atoms with Crippen molar-refractivity contribution in [3.63, 3.8) is 0 Å². The highest BCUT2D eigenvalue weighted by molar-refractivity contribution is 7.43. The van der Waals surface area contributed by atoms with Crippen LogP contribution < -0.4 is 15.5 Å². The summed E-state index contributed by atoms with van der Waals surface area (Å²) in [6.07, 6.45) is 0.213. The van der Waals surface area contributed by atoms with Crippen molar-refractivity contribution in [1.82, 2.24) is 19.5 Å². The van der Waals surface area contributed by atoms with Gasteiger partial charge >= 0.3 is 0 Å². The molecule has 12 heteroatoms. The summed E-state index contributed by atoms with van der Waals surface area (Å²) in [7, 11) is -5.08. The van der Waals surface area contributed by atoms with Gasteiger partial charge in [-0.15, -0.1) is 0 Å². The predicted molar refractivity (Wildman–Crippen MR) is 67.8 cm³/mol. The number of nitrogens with two attached hydrogens (primary N) is 1. The summed E-state index contributed by atoms with van der Waals surface area (Å²) in [5.41, 5.74) is 6.41. The molecule has 0 bridgehead atoms. The van der Waals surface area contributed by atoms with Gasteiger partial charge in [-0.2, -0.15) is 0 Å². The molecule has 0 spiro atoms. The van der Waals surface area contributed by atoms with Crippen LogP contribution in [-0.4, -0.2) is 43.4 Å². The Kier molecular flexibility index (Phi) is 3.85. The highest BCUT2D eigenvalue weighted by Crippen LogP contribution is 2.34. The van der Waals surface area contributed by atoms with Gasteiger partial charge in [0.15, 0.2) is 17.7 Å². The Balaban J connectivity index is 1.80. The van der Waals surface area contributed by atoms with Gasteiger partial charge < -0.3 is 34.5 Å². The summed E-state index contributed by atoms with van der Waals surface area (Å²) in [4.78, 5) is 32.8. The van der Waals surface area contributed by atoms with Gasteiger partial charge in [-0.25, -0.2) is 15.0 Å². The van der Waals surface area contributed by atoms with Crippen molar-refractivity contribution in [2.24, 2.45) is 0 Å². The van der Waals surface area contributed by atoms with Crippen LogP contribution in [0.1, 0.15) is 12.6 Å². The minimum absolute atomic E-state index is 0.102. The van der Waals surface area contributed by atoms with Gasteiger partial charge in [-0.3, -0.25) is 4.57 Å². The molecule has 1 aliphatic rings. The van der Waals surface area contributed by atoms with Crippen molar-refractivity contribution in [2.45, 2.75) is 24.9 Å². The Morgan fingerprint density at radius 3 is 3.00 bits per heavy atom. The number of hydrogen-bond donors (Lipinski definition) is 2. The van der Waals surface area contributed by atoms with Gasteiger partial charge in [-0.05, 0) is 0 Å². The standard InChI is InChI=1S/C10H14N5O6P/c11-8-7-9(13-3-12-8)15(4-14-7)10-6(16)1-5(21-10)2-20-22(17,18)19/h3-6,10,16H,1-2H2,(H2,11,12,13)(H2,17,18,19)/p-2/t5-,6+,10+/m0/s1. The van der Waals surface area contributed by atoms with E-state index in [4.69, 9.17) is 10.5 Å². The first-order chi connectivity index (χ1) is 10.3. The number of nitrogens with zero attached hydrogens (tertiary/aromatic N) is 4. The maximum absolute atomic E-state index is 10.5. The quantitative estimate of drug-likeness (QED) is 0.592. The minimum atomic E-state index is -5.08. The van der Waals surface area contributed by atoms with Crippen LogP contribution in [-0.2, 0) is 13.8 Å². The van der Waals surface area contributed by atoms with Gasteiger partial charge in [-0.1, -0.05) is 0 Å². The van der Waals surface area contributed by atoms with Crippen LogP contribution in [0.3, 0.4) is 0 Å². The molecule has 0 saturated carbocycles. The van der Waals surface area contributed by atoms with Crippen molar-refractivity contribution in [3.05, 3.63) is 12.7 Å². The number of rotatable bonds is 4. The van der Waals surface area contributed by atoms with E-state index < -0.39 is 32.9 Å². The molecule has 3 heterocycles. The summed E-state index contributed by atoms with van der Waals surface area (Å²) < 4.78 is 21.6. The van der Waals surface area contributed by atoms with Crippen LogP contribution in [0.25, 0.3) is 11.2 Å². The third-order valence-corrected chi connectivity index (χ3v) is 3.71. The number of phosphoric acid groups is 1. The van der Waals surface area contributed by atoms with E-state index >= 15 is 0 Å². The molecule has 0 unspecified atom stereocenters. The zero-order valence-electron chi connectivity index (χ0n) is 11.1. The van der Waals surface area contributed by atoms with Crippen LogP contribution in [0.15, 0.2) is 12.7 Å². The average Bonchev–Trinajstić information content (AvgIpc) is 3.00. The molecule has 0 radical (unpaired) electrons. The highest BCUT2D eigenvalue weighted by atomic mass is 31.2. The predicted octanol–water partition coefficient (Wildman–Crippen LogP) is -2.10. The summed E-state index contributed by atoms with van der Waals surface area (Å²) >= 11 is 0. The smallest absolute Gasteiger partial charge is 0.167 e. The van der Waals surface area contributed by atoms with Crippen molar-refractivity contribution in [3.8, 4) is 0 Å². The van der Waals surface area contributed by atoms with Crippen LogP contribution >= 0.6 is 7.82 Å². The summed E-state index contributed by atoms with van der Waals surface area (Å²) in [6, 6.07) is 0. The van der Waals surface area contributed by atoms with Gasteiger partial charge in [0.25, 0.3) is 0 Å². The maximum Gasteiger partial charge on any atom is 0.167 e. The normalized spacial score (nSPS) is 25.9. The Hall–Kier alpha value is -1.62. The number of imidazole rings is 1. The van der Waals surface area contributed by atoms with E-state index in [1.165, 1.54) is 17.2 Å². The van der Waals surface area contributed by atoms with Gasteiger partial charge in [0.05, 0.1) is 26.9 Å². The monoisotopic (exact) mass is 329 g/mol. The lowest BCUT2D eigenvalue weighted by Crippen LogP contribution is -2.22. The largest absolute Gasteiger partial charge is 0.790 e. The van der Waals surface area contributed by atoms with E-state index in [-0.39, 0.29) is 12.2 Å². The molecule has 2 aromatic heterocycles. The molecular formula is C10H12N5O6P-2. The van der Waals surface area contributed by atoms with Crippen LogP contribution in [0.4, 0.5) is 5.82 Å². The van der Waals surface area contributed by atoms with Crippen molar-refractivity contribution in [1.29, 1.82) is 0 Å². The molecule has 22 heavy (non-hydrogen) atoms. The Morgan fingerprint density at radius 2 is 2.27 bits per heavy atom. The van der Waals surface area contributed by atoms with E-state index in [0.717, 1.165) is 0 Å². The molecule has 1 saturated heterocycles. The number of aliphatic hydroxyl groups excluding tert-OH is 1. The van der Waals surface area contributed by atoms with Gasteiger partial charge in [0, 0.05) is 6.42 Å². The van der Waals surface area contributed by atoms with E-state index in [9.17, 15) is 19.5 Å². The lowest BCUT2D eigenvalue weighted by molar-refractivity contribution is -0.342. The molecule has 1 aliphatic heterocycles. The van der Waals surface area contributed by atoms with Crippen molar-refractivity contribution in [2.75, 3.05) is 12.3 Å². The number of ether oxygens (including phenoxy) is 1. The zero-order valence-corrected chi connectivity index (χ0v) is 12.0. The second-order valence-corrected chi connectivity index (χ2v) is 5.93. The van der Waals surface area contributed by atoms with Crippen LogP contribution in [0.2, 0.25) is 0 Å². The second-order valence-electron chi connectivity index (χ2n) is 4.78. The fraction of sp³-hybridized carbons (Fsp3) is 0.500. The zero-order chi connectivity index (χ0) is 15.9. The van der Waals surface area contributed by atoms with E-state index in [1.807, 2.05) is 0 Å². The van der Waals surface area contributed by atoms with E-state index in [1.54, 1.807) is 0 Å². The number of nitrogen functional groups attached to an aromatic ring is 1.